The van der Waals surface area contributed by atoms with Crippen LogP contribution in [0.5, 0.6) is 0 Å². The lowest BCUT2D eigenvalue weighted by Gasteiger charge is -2.43. The molecule has 1 heterocycles. The lowest BCUT2D eigenvalue weighted by Crippen LogP contribution is -2.51. The number of hydrogen-bond donors (Lipinski definition) is 1. The number of hydrogen-bond acceptors (Lipinski definition) is 2. The van der Waals surface area contributed by atoms with E-state index in [4.69, 9.17) is 0 Å². The Bertz CT molecular complexity index is 692. The number of carbonyl (C=O) groups excluding carboxylic acids is 1. The SMILES string of the molecule is Cn1cc(C(=O)NC2(c3ccc(F)cc3F)CCC2)cn1. The smallest absolute Gasteiger partial charge is 0.255 e. The Kier molecular flexibility index (Phi) is 3.23. The zero-order chi connectivity index (χ0) is 15.0. The van der Waals surface area contributed by atoms with Gasteiger partial charge in [-0.1, -0.05) is 6.07 Å². The fourth-order valence-electron chi connectivity index (χ4n) is 2.70. The molecule has 1 N–H and O–H groups in total. The second-order valence-corrected chi connectivity index (χ2v) is 5.42. The zero-order valence-electron chi connectivity index (χ0n) is 11.6. The van der Waals surface area contributed by atoms with Gasteiger partial charge in [0.25, 0.3) is 5.91 Å². The molecule has 1 aliphatic rings. The van der Waals surface area contributed by atoms with E-state index in [-0.39, 0.29) is 5.91 Å². The Balaban J connectivity index is 1.88. The maximum atomic E-state index is 14.0. The van der Waals surface area contributed by atoms with E-state index in [9.17, 15) is 13.6 Å². The highest BCUT2D eigenvalue weighted by atomic mass is 19.1. The molecule has 4 nitrogen and oxygen atoms in total. The van der Waals surface area contributed by atoms with Crippen LogP contribution < -0.4 is 5.32 Å². The van der Waals surface area contributed by atoms with Gasteiger partial charge in [-0.05, 0) is 25.3 Å². The first-order valence-electron chi connectivity index (χ1n) is 6.77. The van der Waals surface area contributed by atoms with Crippen LogP contribution in [0.15, 0.2) is 30.6 Å². The van der Waals surface area contributed by atoms with Gasteiger partial charge in [-0.2, -0.15) is 5.10 Å². The number of aromatic nitrogens is 2. The number of halogens is 2. The quantitative estimate of drug-likeness (QED) is 0.944. The second kappa shape index (κ2) is 4.95. The highest BCUT2D eigenvalue weighted by molar-refractivity contribution is 5.94. The average molecular weight is 291 g/mol. The number of nitrogens with one attached hydrogen (secondary N) is 1. The lowest BCUT2D eigenvalue weighted by atomic mass is 9.71. The first-order chi connectivity index (χ1) is 10.00. The van der Waals surface area contributed by atoms with Crippen molar-refractivity contribution < 1.29 is 13.6 Å². The van der Waals surface area contributed by atoms with Gasteiger partial charge in [0.2, 0.25) is 0 Å². The van der Waals surface area contributed by atoms with Crippen molar-refractivity contribution in [3.8, 4) is 0 Å². The molecule has 0 spiro atoms. The molecule has 0 unspecified atom stereocenters. The Morgan fingerprint density at radius 3 is 2.67 bits per heavy atom. The fourth-order valence-corrected chi connectivity index (χ4v) is 2.70. The van der Waals surface area contributed by atoms with Crippen molar-refractivity contribution >= 4 is 5.91 Å². The van der Waals surface area contributed by atoms with Gasteiger partial charge in [0.05, 0.1) is 17.3 Å². The van der Waals surface area contributed by atoms with Crippen LogP contribution in [0.4, 0.5) is 8.78 Å². The van der Waals surface area contributed by atoms with E-state index in [1.165, 1.54) is 23.0 Å². The lowest BCUT2D eigenvalue weighted by molar-refractivity contribution is 0.0818. The van der Waals surface area contributed by atoms with Crippen molar-refractivity contribution in [1.82, 2.24) is 15.1 Å². The summed E-state index contributed by atoms with van der Waals surface area (Å²) in [6.45, 7) is 0. The molecule has 3 rings (SSSR count). The summed E-state index contributed by atoms with van der Waals surface area (Å²) in [6, 6.07) is 3.48. The summed E-state index contributed by atoms with van der Waals surface area (Å²) >= 11 is 0. The van der Waals surface area contributed by atoms with E-state index < -0.39 is 17.2 Å². The van der Waals surface area contributed by atoms with Crippen molar-refractivity contribution in [2.45, 2.75) is 24.8 Å². The van der Waals surface area contributed by atoms with E-state index in [1.807, 2.05) is 0 Å². The molecule has 1 amide bonds. The molecular formula is C15H15F2N3O. The van der Waals surface area contributed by atoms with Crippen molar-refractivity contribution in [2.24, 2.45) is 7.05 Å². The fraction of sp³-hybridized carbons (Fsp3) is 0.333. The average Bonchev–Trinajstić information content (AvgIpc) is 2.81. The van der Waals surface area contributed by atoms with Crippen LogP contribution in [0.2, 0.25) is 0 Å². The number of nitrogens with zero attached hydrogens (tertiary/aromatic N) is 2. The van der Waals surface area contributed by atoms with Crippen molar-refractivity contribution in [1.29, 1.82) is 0 Å². The third kappa shape index (κ3) is 2.41. The largest absolute Gasteiger partial charge is 0.342 e. The molecule has 0 bridgehead atoms. The molecule has 0 aliphatic heterocycles. The highest BCUT2D eigenvalue weighted by Crippen LogP contribution is 2.42. The highest BCUT2D eigenvalue weighted by Gasteiger charge is 2.42. The number of carbonyl (C=O) groups is 1. The predicted octanol–water partition coefficient (Wildman–Crippen LogP) is 2.51. The molecule has 21 heavy (non-hydrogen) atoms. The van der Waals surface area contributed by atoms with Crippen LogP contribution in [0.1, 0.15) is 35.2 Å². The standard InChI is InChI=1S/C15H15F2N3O/c1-20-9-10(8-18-20)14(21)19-15(5-2-6-15)12-4-3-11(16)7-13(12)17/h3-4,7-9H,2,5-6H2,1H3,(H,19,21). The number of amides is 1. The van der Waals surface area contributed by atoms with E-state index >= 15 is 0 Å². The van der Waals surface area contributed by atoms with Crippen LogP contribution in [-0.2, 0) is 12.6 Å². The van der Waals surface area contributed by atoms with Gasteiger partial charge < -0.3 is 5.32 Å². The summed E-state index contributed by atoms with van der Waals surface area (Å²) in [5, 5.41) is 6.83. The normalized spacial score (nSPS) is 16.3. The van der Waals surface area contributed by atoms with Crippen molar-refractivity contribution in [3.05, 3.63) is 53.4 Å². The minimum Gasteiger partial charge on any atom is -0.342 e. The summed E-state index contributed by atoms with van der Waals surface area (Å²) in [7, 11) is 1.72. The number of benzene rings is 1. The topological polar surface area (TPSA) is 46.9 Å². The minimum atomic E-state index is -0.745. The maximum Gasteiger partial charge on any atom is 0.255 e. The van der Waals surface area contributed by atoms with E-state index in [0.29, 0.717) is 24.0 Å². The van der Waals surface area contributed by atoms with Crippen LogP contribution in [-0.4, -0.2) is 15.7 Å². The first kappa shape index (κ1) is 13.7. The van der Waals surface area contributed by atoms with Gasteiger partial charge in [0.1, 0.15) is 11.6 Å². The third-order valence-corrected chi connectivity index (χ3v) is 3.97. The number of rotatable bonds is 3. The molecule has 6 heteroatoms. The van der Waals surface area contributed by atoms with Crippen LogP contribution in [0, 0.1) is 11.6 Å². The van der Waals surface area contributed by atoms with Crippen LogP contribution in [0.3, 0.4) is 0 Å². The molecular weight excluding hydrogens is 276 g/mol. The summed E-state index contributed by atoms with van der Waals surface area (Å²) in [4.78, 5) is 12.3. The van der Waals surface area contributed by atoms with E-state index in [0.717, 1.165) is 12.5 Å². The zero-order valence-corrected chi connectivity index (χ0v) is 11.6. The van der Waals surface area contributed by atoms with Crippen molar-refractivity contribution in [3.63, 3.8) is 0 Å². The van der Waals surface area contributed by atoms with E-state index in [1.54, 1.807) is 13.2 Å². The molecule has 1 aromatic heterocycles. The molecule has 110 valence electrons. The second-order valence-electron chi connectivity index (χ2n) is 5.42. The number of aryl methyl sites for hydroxylation is 1. The summed E-state index contributed by atoms with van der Waals surface area (Å²) < 4.78 is 28.6. The molecule has 1 fully saturated rings. The summed E-state index contributed by atoms with van der Waals surface area (Å²) in [5.74, 6) is -1.54. The molecule has 1 saturated carbocycles. The van der Waals surface area contributed by atoms with Crippen LogP contribution in [0.25, 0.3) is 0 Å². The van der Waals surface area contributed by atoms with E-state index in [2.05, 4.69) is 10.4 Å². The first-order valence-corrected chi connectivity index (χ1v) is 6.77. The Labute approximate surface area is 120 Å². The third-order valence-electron chi connectivity index (χ3n) is 3.97. The molecule has 2 aromatic rings. The molecule has 0 radical (unpaired) electrons. The summed E-state index contributed by atoms with van der Waals surface area (Å²) in [6.07, 6.45) is 5.23. The summed E-state index contributed by atoms with van der Waals surface area (Å²) in [5.41, 5.74) is 0.0173. The Morgan fingerprint density at radius 1 is 1.38 bits per heavy atom. The molecule has 0 atom stereocenters. The monoisotopic (exact) mass is 291 g/mol. The Hall–Kier alpha value is -2.24. The van der Waals surface area contributed by atoms with Crippen molar-refractivity contribution in [2.75, 3.05) is 0 Å². The molecule has 1 aromatic carbocycles. The van der Waals surface area contributed by atoms with Gasteiger partial charge in [0, 0.05) is 24.9 Å². The van der Waals surface area contributed by atoms with Gasteiger partial charge in [0.15, 0.2) is 0 Å². The molecule has 1 aliphatic carbocycles. The Morgan fingerprint density at radius 2 is 2.14 bits per heavy atom. The molecule has 0 saturated heterocycles. The minimum absolute atomic E-state index is 0.300. The van der Waals surface area contributed by atoms with Gasteiger partial charge in [-0.25, -0.2) is 8.78 Å². The van der Waals surface area contributed by atoms with Gasteiger partial charge >= 0.3 is 0 Å². The van der Waals surface area contributed by atoms with Gasteiger partial charge in [-0.3, -0.25) is 9.48 Å². The maximum absolute atomic E-state index is 14.0. The van der Waals surface area contributed by atoms with Crippen LogP contribution >= 0.6 is 0 Å². The predicted molar refractivity (Wildman–Crippen MR) is 72.6 cm³/mol. The van der Waals surface area contributed by atoms with Gasteiger partial charge in [-0.15, -0.1) is 0 Å².